The molecule has 5 atom stereocenters. The molecule has 4 heterocycles. The van der Waals surface area contributed by atoms with E-state index in [1.807, 2.05) is 41.3 Å². The number of rotatable bonds is 8. The Bertz CT molecular complexity index is 1080. The molecule has 5 rings (SSSR count). The molecule has 0 aliphatic carbocycles. The van der Waals surface area contributed by atoms with Crippen LogP contribution in [-0.2, 0) is 25.7 Å². The average molecular weight is 539 g/mol. The van der Waals surface area contributed by atoms with Crippen LogP contribution >= 0.6 is 11.8 Å². The summed E-state index contributed by atoms with van der Waals surface area (Å²) < 4.78 is 4.88. The monoisotopic (exact) mass is 538 g/mol. The number of aliphatic hydroxyl groups is 1. The Morgan fingerprint density at radius 2 is 1.82 bits per heavy atom. The lowest BCUT2D eigenvalue weighted by Gasteiger charge is -2.35. The first-order chi connectivity index (χ1) is 18.6. The molecule has 2 fully saturated rings. The topological polar surface area (TPSA) is 87.2 Å². The van der Waals surface area contributed by atoms with E-state index in [1.54, 1.807) is 16.7 Å². The quantitative estimate of drug-likeness (QED) is 0.309. The molecule has 0 radical (unpaired) electrons. The lowest BCUT2D eigenvalue weighted by atomic mass is 9.78. The van der Waals surface area contributed by atoms with Crippen molar-refractivity contribution in [1.29, 1.82) is 0 Å². The van der Waals surface area contributed by atoms with Crippen molar-refractivity contribution in [2.45, 2.75) is 67.5 Å². The van der Waals surface area contributed by atoms with Gasteiger partial charge in [-0.25, -0.2) is 0 Å². The van der Waals surface area contributed by atoms with Crippen molar-refractivity contribution < 1.29 is 24.2 Å². The van der Waals surface area contributed by atoms with Crippen LogP contribution in [0.4, 0.5) is 0 Å². The summed E-state index contributed by atoms with van der Waals surface area (Å²) in [7, 11) is 0. The number of fused-ring (bicyclic) bond motifs is 2. The Morgan fingerprint density at radius 3 is 2.63 bits per heavy atom. The summed E-state index contributed by atoms with van der Waals surface area (Å²) in [5.41, 5.74) is 1.04. The number of carbonyl (C=O) groups excluding carboxylic acids is 3. The summed E-state index contributed by atoms with van der Waals surface area (Å²) in [6.07, 6.45) is 14.2. The summed E-state index contributed by atoms with van der Waals surface area (Å²) in [5.74, 6) is -1.73. The van der Waals surface area contributed by atoms with Gasteiger partial charge >= 0.3 is 5.97 Å². The predicted octanol–water partition coefficient (Wildman–Crippen LogP) is 3.72. The molecule has 1 aromatic rings. The van der Waals surface area contributed by atoms with Crippen LogP contribution in [-0.4, -0.2) is 75.0 Å². The van der Waals surface area contributed by atoms with Gasteiger partial charge in [0.25, 0.3) is 0 Å². The highest BCUT2D eigenvalue weighted by Gasteiger charge is 2.70. The minimum atomic E-state index is -0.808. The summed E-state index contributed by atoms with van der Waals surface area (Å²) in [4.78, 5) is 45.5. The number of amides is 2. The fourth-order valence-electron chi connectivity index (χ4n) is 6.40. The van der Waals surface area contributed by atoms with Gasteiger partial charge in [-0.3, -0.25) is 14.4 Å². The molecule has 204 valence electrons. The van der Waals surface area contributed by atoms with Gasteiger partial charge in [0.2, 0.25) is 11.8 Å². The van der Waals surface area contributed by atoms with Crippen molar-refractivity contribution in [2.75, 3.05) is 26.3 Å². The number of allylic oxidation sites excluding steroid dienone is 1. The Balaban J connectivity index is 1.49. The molecule has 8 heteroatoms. The van der Waals surface area contributed by atoms with Crippen LogP contribution in [0.1, 0.15) is 50.5 Å². The van der Waals surface area contributed by atoms with Crippen LogP contribution in [0, 0.1) is 11.8 Å². The van der Waals surface area contributed by atoms with Crippen molar-refractivity contribution in [2.24, 2.45) is 11.8 Å². The second-order valence-electron chi connectivity index (χ2n) is 10.7. The van der Waals surface area contributed by atoms with Gasteiger partial charge < -0.3 is 19.6 Å². The highest BCUT2D eigenvalue weighted by atomic mass is 32.2. The number of hydrogen-bond donors (Lipinski definition) is 1. The first-order valence-electron chi connectivity index (χ1n) is 14.0. The molecule has 0 bridgehead atoms. The van der Waals surface area contributed by atoms with E-state index in [1.165, 1.54) is 0 Å². The number of likely N-dealkylation sites (tertiary alicyclic amines) is 1. The number of ether oxygens (including phenoxy) is 1. The fraction of sp³-hybridized carbons (Fsp3) is 0.567. The largest absolute Gasteiger partial charge is 0.465 e. The van der Waals surface area contributed by atoms with Gasteiger partial charge in [-0.05, 0) is 37.7 Å². The second-order valence-corrected chi connectivity index (χ2v) is 12.2. The third-order valence-corrected chi connectivity index (χ3v) is 9.95. The Labute approximate surface area is 229 Å². The Kier molecular flexibility index (Phi) is 8.58. The maximum absolute atomic E-state index is 14.3. The van der Waals surface area contributed by atoms with Crippen molar-refractivity contribution in [3.05, 3.63) is 60.2 Å². The highest BCUT2D eigenvalue weighted by molar-refractivity contribution is 8.02. The van der Waals surface area contributed by atoms with E-state index < -0.39 is 22.6 Å². The lowest BCUT2D eigenvalue weighted by Crippen LogP contribution is -2.53. The van der Waals surface area contributed by atoms with Crippen molar-refractivity contribution >= 4 is 29.5 Å². The average Bonchev–Trinajstić information content (AvgIpc) is 3.31. The van der Waals surface area contributed by atoms with Crippen LogP contribution in [0.3, 0.4) is 0 Å². The fourth-order valence-corrected chi connectivity index (χ4v) is 8.40. The van der Waals surface area contributed by atoms with E-state index in [4.69, 9.17) is 9.84 Å². The molecule has 2 amide bonds. The standard InChI is InChI=1S/C30H38N2O5S/c33-19-10-3-2-9-18-32-26-28(35)31(21-22-13-6-5-7-14-22)17-12-16-30(26)25(27(32)34)24-23(38-30)15-8-1-4-11-20-37-29(24)36/h5-8,12-16,23-26,33H,1-4,9-11,17-21H2/b15-8-/t23-,24+,25-,26?,30-/m0/s1. The zero-order valence-corrected chi connectivity index (χ0v) is 22.7. The number of nitrogens with zero attached hydrogens (tertiary/aromatic N) is 2. The lowest BCUT2D eigenvalue weighted by molar-refractivity contribution is -0.153. The maximum atomic E-state index is 14.3. The first-order valence-corrected chi connectivity index (χ1v) is 14.9. The van der Waals surface area contributed by atoms with E-state index in [-0.39, 0.29) is 29.6 Å². The molecule has 4 aliphatic rings. The van der Waals surface area contributed by atoms with Crippen molar-refractivity contribution in [3.63, 3.8) is 0 Å². The number of aliphatic hydroxyl groups excluding tert-OH is 1. The molecule has 1 spiro atoms. The van der Waals surface area contributed by atoms with Gasteiger partial charge in [0.1, 0.15) is 6.04 Å². The molecule has 1 unspecified atom stereocenters. The van der Waals surface area contributed by atoms with Gasteiger partial charge in [0, 0.05) is 31.5 Å². The molecular formula is C30H38N2O5S. The minimum Gasteiger partial charge on any atom is -0.465 e. The molecule has 2 saturated heterocycles. The van der Waals surface area contributed by atoms with Gasteiger partial charge in [-0.15, -0.1) is 11.8 Å². The normalized spacial score (nSPS) is 31.9. The Hall–Kier alpha value is -2.58. The van der Waals surface area contributed by atoms with Crippen LogP contribution in [0.5, 0.6) is 0 Å². The Morgan fingerprint density at radius 1 is 1.00 bits per heavy atom. The van der Waals surface area contributed by atoms with Gasteiger partial charge in [0.15, 0.2) is 0 Å². The number of unbranched alkanes of at least 4 members (excludes halogenated alkanes) is 3. The smallest absolute Gasteiger partial charge is 0.311 e. The van der Waals surface area contributed by atoms with Gasteiger partial charge in [-0.1, -0.05) is 67.5 Å². The van der Waals surface area contributed by atoms with E-state index in [0.29, 0.717) is 26.2 Å². The van der Waals surface area contributed by atoms with Crippen LogP contribution in [0.25, 0.3) is 0 Å². The van der Waals surface area contributed by atoms with Crippen molar-refractivity contribution in [3.8, 4) is 0 Å². The molecule has 38 heavy (non-hydrogen) atoms. The van der Waals surface area contributed by atoms with Crippen molar-refractivity contribution in [1.82, 2.24) is 9.80 Å². The SMILES string of the molecule is O=C1OCCCC/C=C\[C@@H]2S[C@]34C=CCN(Cc5ccccc5)C(=O)C3N(CCCCCCO)C(=O)[C@@H]4[C@H]12. The number of esters is 1. The maximum Gasteiger partial charge on any atom is 0.311 e. The zero-order valence-electron chi connectivity index (χ0n) is 21.9. The second kappa shape index (κ2) is 12.1. The van der Waals surface area contributed by atoms with E-state index >= 15 is 0 Å². The molecule has 7 nitrogen and oxygen atoms in total. The van der Waals surface area contributed by atoms with E-state index in [2.05, 4.69) is 18.2 Å². The van der Waals surface area contributed by atoms with Gasteiger partial charge in [0.05, 0.1) is 23.2 Å². The summed E-state index contributed by atoms with van der Waals surface area (Å²) >= 11 is 1.60. The minimum absolute atomic E-state index is 0.0568. The van der Waals surface area contributed by atoms with Crippen LogP contribution in [0.2, 0.25) is 0 Å². The third-order valence-electron chi connectivity index (χ3n) is 8.21. The molecule has 1 N–H and O–H groups in total. The number of benzene rings is 1. The number of thioether (sulfide) groups is 1. The molecule has 1 aromatic carbocycles. The summed E-state index contributed by atoms with van der Waals surface area (Å²) in [6, 6.07) is 9.25. The van der Waals surface area contributed by atoms with E-state index in [9.17, 15) is 14.4 Å². The van der Waals surface area contributed by atoms with Crippen LogP contribution < -0.4 is 0 Å². The molecular weight excluding hydrogens is 500 g/mol. The molecule has 4 aliphatic heterocycles. The third kappa shape index (κ3) is 5.17. The summed E-state index contributed by atoms with van der Waals surface area (Å²) in [5, 5.41) is 8.93. The number of cyclic esters (lactones) is 1. The predicted molar refractivity (Wildman–Crippen MR) is 147 cm³/mol. The number of hydrogen-bond acceptors (Lipinski definition) is 6. The highest BCUT2D eigenvalue weighted by Crippen LogP contribution is 2.60. The zero-order chi connectivity index (χ0) is 26.5. The first kappa shape index (κ1) is 27.0. The summed E-state index contributed by atoms with van der Waals surface area (Å²) in [6.45, 7) is 1.93. The molecule has 0 saturated carbocycles. The van der Waals surface area contributed by atoms with E-state index in [0.717, 1.165) is 50.5 Å². The number of carbonyl (C=O) groups is 3. The molecule has 0 aromatic heterocycles. The van der Waals surface area contributed by atoms with Crippen LogP contribution in [0.15, 0.2) is 54.6 Å². The van der Waals surface area contributed by atoms with Gasteiger partial charge in [-0.2, -0.15) is 0 Å².